The Morgan fingerprint density at radius 2 is 1.12 bits per heavy atom. The van der Waals surface area contributed by atoms with Gasteiger partial charge in [-0.05, 0) is 19.3 Å². The van der Waals surface area contributed by atoms with Gasteiger partial charge in [0, 0.05) is 16.5 Å². The zero-order valence-electron chi connectivity index (χ0n) is 22.7. The maximum Gasteiger partial charge on any atom is 0.349 e. The van der Waals surface area contributed by atoms with Crippen LogP contribution in [0.5, 0.6) is 0 Å². The smallest absolute Gasteiger partial charge is 0.349 e. The van der Waals surface area contributed by atoms with Gasteiger partial charge in [-0.25, -0.2) is 0 Å². The lowest BCUT2D eigenvalue weighted by molar-refractivity contribution is -0.140. The molecule has 0 aromatic rings. The van der Waals surface area contributed by atoms with Crippen LogP contribution in [0, 0.1) is 0 Å². The van der Waals surface area contributed by atoms with Gasteiger partial charge in [0.1, 0.15) is 0 Å². The van der Waals surface area contributed by atoms with Crippen molar-refractivity contribution in [1.29, 1.82) is 0 Å². The van der Waals surface area contributed by atoms with E-state index >= 15 is 0 Å². The molecule has 0 aromatic heterocycles. The average molecular weight is 471 g/mol. The molecule has 4 nitrogen and oxygen atoms in total. The van der Waals surface area contributed by atoms with Gasteiger partial charge in [-0.2, -0.15) is 0 Å². The van der Waals surface area contributed by atoms with Crippen LogP contribution >= 0.6 is 0 Å². The molecule has 2 atom stereocenters. The summed E-state index contributed by atoms with van der Waals surface area (Å²) < 4.78 is 18.8. The van der Waals surface area contributed by atoms with E-state index in [-0.39, 0.29) is 28.3 Å². The van der Waals surface area contributed by atoms with Gasteiger partial charge >= 0.3 is 14.5 Å². The van der Waals surface area contributed by atoms with Crippen molar-refractivity contribution in [1.82, 2.24) is 0 Å². The zero-order chi connectivity index (χ0) is 24.3. The average Bonchev–Trinajstić information content (AvgIpc) is 3.09. The summed E-state index contributed by atoms with van der Waals surface area (Å²) in [5, 5.41) is 0.0977. The topological polar surface area (TPSA) is 44.8 Å². The molecule has 32 heavy (non-hydrogen) atoms. The summed E-state index contributed by atoms with van der Waals surface area (Å²) in [6.45, 7) is 16.2. The van der Waals surface area contributed by atoms with Crippen LogP contribution in [0.1, 0.15) is 138 Å². The summed E-state index contributed by atoms with van der Waals surface area (Å²) >= 11 is 0. The molecular formula is C27H54O4Si. The molecule has 190 valence electrons. The summed E-state index contributed by atoms with van der Waals surface area (Å²) in [6, 6.07) is 0. The lowest BCUT2D eigenvalue weighted by atomic mass is 9.99. The Hall–Kier alpha value is -0.393. The second-order valence-corrected chi connectivity index (χ2v) is 16.6. The van der Waals surface area contributed by atoms with Crippen molar-refractivity contribution in [2.75, 3.05) is 7.11 Å². The Balaban J connectivity index is 2.62. The van der Waals surface area contributed by atoms with Gasteiger partial charge in [-0.1, -0.05) is 113 Å². The number of ether oxygens (including phenoxy) is 1. The molecule has 5 heteroatoms. The van der Waals surface area contributed by atoms with Crippen LogP contribution in [0.2, 0.25) is 10.1 Å². The van der Waals surface area contributed by atoms with E-state index in [2.05, 4.69) is 48.5 Å². The highest BCUT2D eigenvalue weighted by atomic mass is 28.4. The van der Waals surface area contributed by atoms with E-state index in [9.17, 15) is 4.79 Å². The van der Waals surface area contributed by atoms with Crippen molar-refractivity contribution < 1.29 is 18.4 Å². The van der Waals surface area contributed by atoms with E-state index in [1.54, 1.807) is 0 Å². The third-order valence-corrected chi connectivity index (χ3v) is 12.2. The van der Waals surface area contributed by atoms with Gasteiger partial charge < -0.3 is 13.6 Å². The highest BCUT2D eigenvalue weighted by molar-refractivity contribution is 6.74. The third kappa shape index (κ3) is 9.10. The Bertz CT molecular complexity index is 507. The van der Waals surface area contributed by atoms with E-state index < -0.39 is 8.56 Å². The maximum absolute atomic E-state index is 11.2. The molecule has 0 spiro atoms. The second kappa shape index (κ2) is 14.1. The molecular weight excluding hydrogens is 416 g/mol. The first kappa shape index (κ1) is 29.6. The van der Waals surface area contributed by atoms with Crippen molar-refractivity contribution >= 4 is 14.5 Å². The molecule has 0 N–H and O–H groups in total. The molecule has 0 unspecified atom stereocenters. The van der Waals surface area contributed by atoms with Gasteiger partial charge in [-0.3, -0.25) is 4.79 Å². The minimum Gasteiger partial charge on any atom is -0.469 e. The predicted molar refractivity (Wildman–Crippen MR) is 137 cm³/mol. The van der Waals surface area contributed by atoms with Crippen LogP contribution in [0.15, 0.2) is 0 Å². The Morgan fingerprint density at radius 3 is 1.53 bits per heavy atom. The van der Waals surface area contributed by atoms with Crippen molar-refractivity contribution in [2.45, 2.75) is 161 Å². The zero-order valence-corrected chi connectivity index (χ0v) is 23.7. The van der Waals surface area contributed by atoms with E-state index in [0.717, 1.165) is 25.7 Å². The molecule has 1 aliphatic rings. The number of hydrogen-bond acceptors (Lipinski definition) is 4. The quantitative estimate of drug-likeness (QED) is 0.137. The first-order valence-electron chi connectivity index (χ1n) is 13.4. The van der Waals surface area contributed by atoms with E-state index in [4.69, 9.17) is 13.6 Å². The second-order valence-electron chi connectivity index (χ2n) is 11.9. The number of unbranched alkanes of at least 4 members (excludes halogenated alkanes) is 9. The summed E-state index contributed by atoms with van der Waals surface area (Å²) in [5.74, 6) is -0.0929. The number of esters is 1. The monoisotopic (exact) mass is 470 g/mol. The number of hydrogen-bond donors (Lipinski definition) is 0. The minimum absolute atomic E-state index is 0.0489. The van der Waals surface area contributed by atoms with Crippen molar-refractivity contribution in [3.05, 3.63) is 0 Å². The number of methoxy groups -OCH3 is 1. The van der Waals surface area contributed by atoms with Gasteiger partial charge in [-0.15, -0.1) is 0 Å². The Morgan fingerprint density at radius 1 is 0.719 bits per heavy atom. The molecule has 1 fully saturated rings. The van der Waals surface area contributed by atoms with Crippen LogP contribution in [0.25, 0.3) is 0 Å². The molecule has 0 amide bonds. The first-order valence-corrected chi connectivity index (χ1v) is 15.2. The summed E-state index contributed by atoms with van der Waals surface area (Å²) in [6.07, 6.45) is 16.8. The lowest BCUT2D eigenvalue weighted by Crippen LogP contribution is -2.54. The Kier molecular flexibility index (Phi) is 13.1. The number of carbonyl (C=O) groups excluding carboxylic acids is 1. The molecule has 1 aliphatic heterocycles. The van der Waals surface area contributed by atoms with Gasteiger partial charge in [0.15, 0.2) is 0 Å². The number of carbonyl (C=O) groups is 1. The van der Waals surface area contributed by atoms with Crippen LogP contribution in [-0.2, 0) is 18.4 Å². The number of rotatable bonds is 15. The highest BCUT2D eigenvalue weighted by Gasteiger charge is 2.64. The molecule has 0 aliphatic carbocycles. The molecule has 1 heterocycles. The van der Waals surface area contributed by atoms with E-state index in [1.165, 1.54) is 64.9 Å². The molecule has 0 bridgehead atoms. The standard InChI is InChI=1S/C27H54O4Si/c1-9-10-11-12-14-17-20-23-24(21-18-15-13-16-19-22-25(28)29-8)31-32(30-23,26(2,3)4)27(5,6)7/h23-24H,9-22H2,1-8H3/t23-,24+/m1/s1. The van der Waals surface area contributed by atoms with Crippen LogP contribution in [0.3, 0.4) is 0 Å². The fourth-order valence-electron chi connectivity index (χ4n) is 5.30. The third-order valence-electron chi connectivity index (χ3n) is 6.96. The summed E-state index contributed by atoms with van der Waals surface area (Å²) in [5.41, 5.74) is 0. The predicted octanol–water partition coefficient (Wildman–Crippen LogP) is 8.47. The van der Waals surface area contributed by atoms with Crippen molar-refractivity contribution in [3.63, 3.8) is 0 Å². The lowest BCUT2D eigenvalue weighted by Gasteiger charge is -2.45. The molecule has 0 aromatic carbocycles. The fourth-order valence-corrected chi connectivity index (χ4v) is 10.4. The molecule has 1 saturated heterocycles. The van der Waals surface area contributed by atoms with Crippen LogP contribution < -0.4 is 0 Å². The fraction of sp³-hybridized carbons (Fsp3) is 0.963. The molecule has 0 saturated carbocycles. The molecule has 0 radical (unpaired) electrons. The van der Waals surface area contributed by atoms with Crippen LogP contribution in [-0.4, -0.2) is 33.8 Å². The van der Waals surface area contributed by atoms with E-state index in [0.29, 0.717) is 6.42 Å². The molecule has 1 rings (SSSR count). The SMILES string of the molecule is CCCCCCCC[C@H]1O[Si](C(C)(C)C)(C(C)(C)C)O[C@H]1CCCCCCCC(=O)OC. The first-order chi connectivity index (χ1) is 15.0. The largest absolute Gasteiger partial charge is 0.469 e. The maximum atomic E-state index is 11.2. The van der Waals surface area contributed by atoms with E-state index in [1.807, 2.05) is 0 Å². The van der Waals surface area contributed by atoms with Crippen molar-refractivity contribution in [2.24, 2.45) is 0 Å². The van der Waals surface area contributed by atoms with Gasteiger partial charge in [0.2, 0.25) is 0 Å². The summed E-state index contributed by atoms with van der Waals surface area (Å²) in [4.78, 5) is 11.2. The van der Waals surface area contributed by atoms with Crippen LogP contribution in [0.4, 0.5) is 0 Å². The van der Waals surface area contributed by atoms with Crippen molar-refractivity contribution in [3.8, 4) is 0 Å². The summed E-state index contributed by atoms with van der Waals surface area (Å²) in [7, 11) is -0.928. The van der Waals surface area contributed by atoms with Gasteiger partial charge in [0.05, 0.1) is 19.3 Å². The highest BCUT2D eigenvalue weighted by Crippen LogP contribution is 2.56. The minimum atomic E-state index is -2.39. The Labute approximate surface area is 200 Å². The van der Waals surface area contributed by atoms with Gasteiger partial charge in [0.25, 0.3) is 0 Å². The normalized spacial score (nSPS) is 21.1.